The standard InChI is InChI=1S/C17H21NO4/c1-6-15(19)18-14(16(20)21-5)11-12-7-9-13(10-8-12)22-17(2,3)4/h1,7-10,14H,11H2,2-5H3,(H,18,19)/t14-/m0/s1. The lowest BCUT2D eigenvalue weighted by Gasteiger charge is -2.21. The smallest absolute Gasteiger partial charge is 0.328 e. The van der Waals surface area contributed by atoms with E-state index in [9.17, 15) is 9.59 Å². The largest absolute Gasteiger partial charge is 0.488 e. The first-order valence-electron chi connectivity index (χ1n) is 6.88. The van der Waals surface area contributed by atoms with Crippen LogP contribution in [0, 0.1) is 12.3 Å². The number of carbonyl (C=O) groups excluding carboxylic acids is 2. The lowest BCUT2D eigenvalue weighted by atomic mass is 10.1. The molecule has 0 saturated heterocycles. The van der Waals surface area contributed by atoms with Crippen LogP contribution in [0.2, 0.25) is 0 Å². The molecule has 0 aromatic heterocycles. The van der Waals surface area contributed by atoms with Gasteiger partial charge in [0.05, 0.1) is 7.11 Å². The minimum absolute atomic E-state index is 0.281. The molecule has 1 amide bonds. The van der Waals surface area contributed by atoms with E-state index in [-0.39, 0.29) is 12.0 Å². The molecule has 1 atom stereocenters. The summed E-state index contributed by atoms with van der Waals surface area (Å²) in [4.78, 5) is 23.0. The third-order valence-corrected chi connectivity index (χ3v) is 2.71. The van der Waals surface area contributed by atoms with Gasteiger partial charge < -0.3 is 14.8 Å². The molecule has 0 aliphatic heterocycles. The van der Waals surface area contributed by atoms with Crippen LogP contribution in [0.5, 0.6) is 5.75 Å². The van der Waals surface area contributed by atoms with E-state index in [1.165, 1.54) is 7.11 Å². The fourth-order valence-corrected chi connectivity index (χ4v) is 1.82. The highest BCUT2D eigenvalue weighted by Crippen LogP contribution is 2.19. The van der Waals surface area contributed by atoms with Gasteiger partial charge in [-0.15, -0.1) is 6.42 Å². The van der Waals surface area contributed by atoms with Gasteiger partial charge in [0.2, 0.25) is 0 Å². The maximum atomic E-state index is 11.7. The van der Waals surface area contributed by atoms with Crippen LogP contribution in [0.1, 0.15) is 26.3 Å². The molecule has 1 N–H and O–H groups in total. The molecule has 0 fully saturated rings. The number of hydrogen-bond donors (Lipinski definition) is 1. The predicted molar refractivity (Wildman–Crippen MR) is 83.3 cm³/mol. The Bertz CT molecular complexity index is 564. The quantitative estimate of drug-likeness (QED) is 0.664. The van der Waals surface area contributed by atoms with E-state index >= 15 is 0 Å². The van der Waals surface area contributed by atoms with Crippen LogP contribution in [0.4, 0.5) is 0 Å². The highest BCUT2D eigenvalue weighted by molar-refractivity contribution is 5.95. The fraction of sp³-hybridized carbons (Fsp3) is 0.412. The molecule has 1 aromatic carbocycles. The summed E-state index contributed by atoms with van der Waals surface area (Å²) in [5, 5.41) is 2.44. The minimum Gasteiger partial charge on any atom is -0.488 e. The van der Waals surface area contributed by atoms with E-state index < -0.39 is 17.9 Å². The van der Waals surface area contributed by atoms with Crippen molar-refractivity contribution in [3.05, 3.63) is 29.8 Å². The van der Waals surface area contributed by atoms with Gasteiger partial charge in [0, 0.05) is 6.42 Å². The van der Waals surface area contributed by atoms with Gasteiger partial charge >= 0.3 is 5.97 Å². The molecule has 0 radical (unpaired) electrons. The van der Waals surface area contributed by atoms with Crippen molar-refractivity contribution in [2.45, 2.75) is 38.8 Å². The van der Waals surface area contributed by atoms with Gasteiger partial charge in [-0.1, -0.05) is 12.1 Å². The molecule has 118 valence electrons. The molecule has 5 heteroatoms. The maximum absolute atomic E-state index is 11.7. The number of rotatable bonds is 5. The van der Waals surface area contributed by atoms with Crippen LogP contribution in [-0.4, -0.2) is 30.6 Å². The summed E-state index contributed by atoms with van der Waals surface area (Å²) in [5.41, 5.74) is 0.575. The highest BCUT2D eigenvalue weighted by atomic mass is 16.5. The van der Waals surface area contributed by atoms with Gasteiger partial charge in [-0.2, -0.15) is 0 Å². The van der Waals surface area contributed by atoms with Gasteiger partial charge in [-0.05, 0) is 44.4 Å². The van der Waals surface area contributed by atoms with Crippen molar-refractivity contribution in [3.63, 3.8) is 0 Å². The Hall–Kier alpha value is -2.48. The molecule has 0 spiro atoms. The molecule has 0 saturated carbocycles. The topological polar surface area (TPSA) is 64.6 Å². The Kier molecular flexibility index (Phi) is 6.00. The molecule has 1 aromatic rings. The second kappa shape index (κ2) is 7.51. The second-order valence-electron chi connectivity index (χ2n) is 5.76. The molecule has 0 aliphatic carbocycles. The van der Waals surface area contributed by atoms with Gasteiger partial charge in [0.25, 0.3) is 5.91 Å². The van der Waals surface area contributed by atoms with E-state index in [1.54, 1.807) is 0 Å². The van der Waals surface area contributed by atoms with Crippen LogP contribution >= 0.6 is 0 Å². The third-order valence-electron chi connectivity index (χ3n) is 2.71. The zero-order chi connectivity index (χ0) is 16.8. The number of hydrogen-bond acceptors (Lipinski definition) is 4. The summed E-state index contributed by atoms with van der Waals surface area (Å²) in [6.07, 6.45) is 5.29. The number of nitrogens with one attached hydrogen (secondary N) is 1. The molecule has 0 aliphatic rings. The predicted octanol–water partition coefficient (Wildman–Crippen LogP) is 1.70. The van der Waals surface area contributed by atoms with Crippen molar-refractivity contribution in [1.29, 1.82) is 0 Å². The van der Waals surface area contributed by atoms with Crippen LogP contribution in [-0.2, 0) is 20.7 Å². The van der Waals surface area contributed by atoms with Crippen LogP contribution in [0.25, 0.3) is 0 Å². The minimum atomic E-state index is -0.817. The van der Waals surface area contributed by atoms with Crippen LogP contribution in [0.3, 0.4) is 0 Å². The van der Waals surface area contributed by atoms with Crippen molar-refractivity contribution in [2.75, 3.05) is 7.11 Å². The number of benzene rings is 1. The average molecular weight is 303 g/mol. The summed E-state index contributed by atoms with van der Waals surface area (Å²) >= 11 is 0. The molecular formula is C17H21NO4. The van der Waals surface area contributed by atoms with Crippen molar-refractivity contribution in [2.24, 2.45) is 0 Å². The Morgan fingerprint density at radius 3 is 2.32 bits per heavy atom. The summed E-state index contributed by atoms with van der Waals surface area (Å²) < 4.78 is 10.4. The Morgan fingerprint density at radius 2 is 1.86 bits per heavy atom. The van der Waals surface area contributed by atoms with Crippen molar-refractivity contribution in [1.82, 2.24) is 5.32 Å². The van der Waals surface area contributed by atoms with Crippen molar-refractivity contribution < 1.29 is 19.1 Å². The molecule has 0 bridgehead atoms. The van der Waals surface area contributed by atoms with Crippen LogP contribution < -0.4 is 10.1 Å². The SMILES string of the molecule is C#CC(=O)N[C@@H](Cc1ccc(OC(C)(C)C)cc1)C(=O)OC. The van der Waals surface area contributed by atoms with Gasteiger partial charge in [-0.25, -0.2) is 4.79 Å². The van der Waals surface area contributed by atoms with E-state index in [0.717, 1.165) is 11.3 Å². The second-order valence-corrected chi connectivity index (χ2v) is 5.76. The molecule has 0 unspecified atom stereocenters. The molecule has 22 heavy (non-hydrogen) atoms. The fourth-order valence-electron chi connectivity index (χ4n) is 1.82. The summed E-state index contributed by atoms with van der Waals surface area (Å²) in [7, 11) is 1.26. The zero-order valence-electron chi connectivity index (χ0n) is 13.3. The normalized spacial score (nSPS) is 12.0. The van der Waals surface area contributed by atoms with E-state index in [1.807, 2.05) is 51.0 Å². The van der Waals surface area contributed by atoms with E-state index in [2.05, 4.69) is 10.1 Å². The van der Waals surface area contributed by atoms with Crippen LogP contribution in [0.15, 0.2) is 24.3 Å². The van der Waals surface area contributed by atoms with Gasteiger partial charge in [-0.3, -0.25) is 4.79 Å². The maximum Gasteiger partial charge on any atom is 0.328 e. The number of terminal acetylenes is 1. The van der Waals surface area contributed by atoms with Crippen molar-refractivity contribution >= 4 is 11.9 Å². The monoisotopic (exact) mass is 303 g/mol. The van der Waals surface area contributed by atoms with Gasteiger partial charge in [0.1, 0.15) is 17.4 Å². The van der Waals surface area contributed by atoms with E-state index in [0.29, 0.717) is 0 Å². The highest BCUT2D eigenvalue weighted by Gasteiger charge is 2.21. The summed E-state index contributed by atoms with van der Waals surface area (Å²) in [5.74, 6) is 1.46. The molecular weight excluding hydrogens is 282 g/mol. The third kappa shape index (κ3) is 5.88. The first-order valence-corrected chi connectivity index (χ1v) is 6.88. The lowest BCUT2D eigenvalue weighted by molar-refractivity contribution is -0.144. The van der Waals surface area contributed by atoms with Gasteiger partial charge in [0.15, 0.2) is 0 Å². The number of carbonyl (C=O) groups is 2. The number of ether oxygens (including phenoxy) is 2. The number of amides is 1. The first kappa shape index (κ1) is 17.6. The summed E-state index contributed by atoms with van der Waals surface area (Å²) in [6.45, 7) is 5.89. The molecule has 5 nitrogen and oxygen atoms in total. The Balaban J connectivity index is 2.79. The lowest BCUT2D eigenvalue weighted by Crippen LogP contribution is -2.42. The number of esters is 1. The summed E-state index contributed by atoms with van der Waals surface area (Å²) in [6, 6.07) is 6.48. The first-order chi connectivity index (χ1) is 10.2. The number of methoxy groups -OCH3 is 1. The average Bonchev–Trinajstić information content (AvgIpc) is 2.46. The molecule has 0 heterocycles. The Labute approximate surface area is 131 Å². The van der Waals surface area contributed by atoms with E-state index in [4.69, 9.17) is 11.2 Å². The Morgan fingerprint density at radius 1 is 1.27 bits per heavy atom. The zero-order valence-corrected chi connectivity index (χ0v) is 13.3. The van der Waals surface area contributed by atoms with Crippen molar-refractivity contribution in [3.8, 4) is 18.1 Å². The molecule has 1 rings (SSSR count).